The number of fused-ring (bicyclic) bond motifs is 1. The maximum atomic E-state index is 5.43. The molecule has 1 aromatic carbocycles. The number of hydrogen-bond acceptors (Lipinski definition) is 1. The molecule has 0 N–H and O–H groups in total. The maximum Gasteiger partial charge on any atom is 0.0737 e. The van der Waals surface area contributed by atoms with Crippen molar-refractivity contribution in [3.63, 3.8) is 0 Å². The summed E-state index contributed by atoms with van der Waals surface area (Å²) in [6.07, 6.45) is 2.14. The van der Waals surface area contributed by atoms with Crippen molar-refractivity contribution in [3.8, 4) is 0 Å². The zero-order chi connectivity index (χ0) is 9.97. The summed E-state index contributed by atoms with van der Waals surface area (Å²) in [5, 5.41) is 1.29. The number of rotatable bonds is 3. The van der Waals surface area contributed by atoms with Crippen LogP contribution >= 0.6 is 0 Å². The zero-order valence-corrected chi connectivity index (χ0v) is 8.66. The molecule has 2 nitrogen and oxygen atoms in total. The smallest absolute Gasteiger partial charge is 0.0737 e. The van der Waals surface area contributed by atoms with E-state index in [0.29, 0.717) is 6.61 Å². The van der Waals surface area contributed by atoms with Crippen LogP contribution in [0.1, 0.15) is 12.5 Å². The average Bonchev–Trinajstić information content (AvgIpc) is 2.54. The topological polar surface area (TPSA) is 14.2 Å². The van der Waals surface area contributed by atoms with Crippen LogP contribution in [0.3, 0.4) is 0 Å². The summed E-state index contributed by atoms with van der Waals surface area (Å²) in [6.45, 7) is 3.49. The minimum atomic E-state index is 0.706. The Morgan fingerprint density at radius 3 is 2.86 bits per heavy atom. The minimum Gasteiger partial charge on any atom is -0.377 e. The van der Waals surface area contributed by atoms with E-state index in [0.717, 1.165) is 6.61 Å². The summed E-state index contributed by atoms with van der Waals surface area (Å²) in [5.41, 5.74) is 2.53. The number of aromatic nitrogens is 1. The van der Waals surface area contributed by atoms with Crippen molar-refractivity contribution in [2.45, 2.75) is 13.5 Å². The first-order valence-corrected chi connectivity index (χ1v) is 4.93. The Bertz CT molecular complexity index is 431. The molecule has 1 heterocycles. The number of benzene rings is 1. The van der Waals surface area contributed by atoms with Gasteiger partial charge in [-0.15, -0.1) is 0 Å². The van der Waals surface area contributed by atoms with Crippen LogP contribution in [0.4, 0.5) is 0 Å². The first-order valence-electron chi connectivity index (χ1n) is 4.93. The molecule has 2 heteroatoms. The van der Waals surface area contributed by atoms with E-state index in [2.05, 4.69) is 42.1 Å². The van der Waals surface area contributed by atoms with Crippen molar-refractivity contribution < 1.29 is 4.74 Å². The van der Waals surface area contributed by atoms with E-state index in [4.69, 9.17) is 4.74 Å². The Morgan fingerprint density at radius 2 is 2.07 bits per heavy atom. The van der Waals surface area contributed by atoms with Crippen LogP contribution in [-0.2, 0) is 18.4 Å². The largest absolute Gasteiger partial charge is 0.377 e. The first kappa shape index (κ1) is 9.28. The molecule has 74 valence electrons. The number of nitrogens with zero attached hydrogens (tertiary/aromatic N) is 1. The fraction of sp³-hybridized carbons (Fsp3) is 0.333. The molecule has 14 heavy (non-hydrogen) atoms. The third kappa shape index (κ3) is 1.53. The van der Waals surface area contributed by atoms with Gasteiger partial charge in [0.1, 0.15) is 0 Å². The molecular weight excluding hydrogens is 174 g/mol. The maximum absolute atomic E-state index is 5.43. The van der Waals surface area contributed by atoms with Crippen LogP contribution in [0, 0.1) is 0 Å². The van der Waals surface area contributed by atoms with Gasteiger partial charge in [-0.1, -0.05) is 18.2 Å². The third-order valence-corrected chi connectivity index (χ3v) is 2.44. The Hall–Kier alpha value is -1.28. The van der Waals surface area contributed by atoms with Gasteiger partial charge in [-0.05, 0) is 13.0 Å². The highest BCUT2D eigenvalue weighted by Crippen LogP contribution is 2.20. The molecule has 0 aliphatic carbocycles. The highest BCUT2D eigenvalue weighted by atomic mass is 16.5. The lowest BCUT2D eigenvalue weighted by Crippen LogP contribution is -1.90. The van der Waals surface area contributed by atoms with Crippen LogP contribution in [0.25, 0.3) is 10.9 Å². The van der Waals surface area contributed by atoms with E-state index in [1.807, 2.05) is 6.92 Å². The average molecular weight is 189 g/mol. The van der Waals surface area contributed by atoms with Crippen molar-refractivity contribution in [1.29, 1.82) is 0 Å². The van der Waals surface area contributed by atoms with Crippen LogP contribution in [-0.4, -0.2) is 11.2 Å². The molecule has 0 aliphatic heterocycles. The number of aryl methyl sites for hydroxylation is 1. The molecular formula is C12H15NO. The van der Waals surface area contributed by atoms with Crippen molar-refractivity contribution in [2.75, 3.05) is 6.61 Å². The van der Waals surface area contributed by atoms with Crippen LogP contribution in [0.5, 0.6) is 0 Å². The SMILES string of the molecule is CCOCc1cn(C)c2ccccc12. The molecule has 0 radical (unpaired) electrons. The number of para-hydroxylation sites is 1. The standard InChI is InChI=1S/C12H15NO/c1-3-14-9-10-8-13(2)12-7-5-4-6-11(10)12/h4-8H,3,9H2,1-2H3. The molecule has 2 aromatic rings. The molecule has 0 bridgehead atoms. The molecule has 0 spiro atoms. The van der Waals surface area contributed by atoms with Crippen molar-refractivity contribution in [1.82, 2.24) is 4.57 Å². The summed E-state index contributed by atoms with van der Waals surface area (Å²) >= 11 is 0. The summed E-state index contributed by atoms with van der Waals surface area (Å²) in [7, 11) is 2.07. The van der Waals surface area contributed by atoms with Crippen molar-refractivity contribution in [2.24, 2.45) is 7.05 Å². The van der Waals surface area contributed by atoms with Crippen LogP contribution in [0.15, 0.2) is 30.5 Å². The molecule has 0 fully saturated rings. The van der Waals surface area contributed by atoms with Crippen LogP contribution in [0.2, 0.25) is 0 Å². The lowest BCUT2D eigenvalue weighted by molar-refractivity contribution is 0.135. The van der Waals surface area contributed by atoms with Crippen molar-refractivity contribution in [3.05, 3.63) is 36.0 Å². The van der Waals surface area contributed by atoms with Gasteiger partial charge in [0.15, 0.2) is 0 Å². The van der Waals surface area contributed by atoms with Gasteiger partial charge in [-0.2, -0.15) is 0 Å². The van der Waals surface area contributed by atoms with E-state index in [1.165, 1.54) is 16.5 Å². The predicted molar refractivity (Wildman–Crippen MR) is 58.2 cm³/mol. The van der Waals surface area contributed by atoms with Gasteiger partial charge in [0.2, 0.25) is 0 Å². The van der Waals surface area contributed by atoms with Gasteiger partial charge in [0.05, 0.1) is 6.61 Å². The Morgan fingerprint density at radius 1 is 1.29 bits per heavy atom. The van der Waals surface area contributed by atoms with E-state index in [1.54, 1.807) is 0 Å². The second kappa shape index (κ2) is 3.84. The lowest BCUT2D eigenvalue weighted by Gasteiger charge is -1.98. The number of ether oxygens (including phenoxy) is 1. The van der Waals surface area contributed by atoms with Gasteiger partial charge in [0.25, 0.3) is 0 Å². The van der Waals surface area contributed by atoms with E-state index in [-0.39, 0.29) is 0 Å². The fourth-order valence-corrected chi connectivity index (χ4v) is 1.75. The summed E-state index contributed by atoms with van der Waals surface area (Å²) < 4.78 is 7.57. The highest BCUT2D eigenvalue weighted by Gasteiger charge is 2.04. The molecule has 0 aliphatic rings. The molecule has 0 saturated carbocycles. The summed E-state index contributed by atoms with van der Waals surface area (Å²) in [5.74, 6) is 0. The predicted octanol–water partition coefficient (Wildman–Crippen LogP) is 2.71. The second-order valence-corrected chi connectivity index (χ2v) is 3.42. The molecule has 0 saturated heterocycles. The summed E-state index contributed by atoms with van der Waals surface area (Å²) in [6, 6.07) is 8.40. The fourth-order valence-electron chi connectivity index (χ4n) is 1.75. The molecule has 2 rings (SSSR count). The summed E-state index contributed by atoms with van der Waals surface area (Å²) in [4.78, 5) is 0. The Kier molecular flexibility index (Phi) is 2.55. The van der Waals surface area contributed by atoms with Gasteiger partial charge < -0.3 is 9.30 Å². The quantitative estimate of drug-likeness (QED) is 0.724. The second-order valence-electron chi connectivity index (χ2n) is 3.42. The number of hydrogen-bond donors (Lipinski definition) is 0. The van der Waals surface area contributed by atoms with Gasteiger partial charge in [0, 0.05) is 36.3 Å². The third-order valence-electron chi connectivity index (χ3n) is 2.44. The lowest BCUT2D eigenvalue weighted by atomic mass is 10.2. The van der Waals surface area contributed by atoms with E-state index in [9.17, 15) is 0 Å². The van der Waals surface area contributed by atoms with Crippen LogP contribution < -0.4 is 0 Å². The zero-order valence-electron chi connectivity index (χ0n) is 8.66. The van der Waals surface area contributed by atoms with Gasteiger partial charge in [-0.25, -0.2) is 0 Å². The monoisotopic (exact) mass is 189 g/mol. The van der Waals surface area contributed by atoms with Gasteiger partial charge >= 0.3 is 0 Å². The normalized spacial score (nSPS) is 11.0. The Labute approximate surface area is 84.1 Å². The first-order chi connectivity index (χ1) is 6.83. The molecule has 0 unspecified atom stereocenters. The molecule has 1 aromatic heterocycles. The van der Waals surface area contributed by atoms with Crippen molar-refractivity contribution >= 4 is 10.9 Å². The van der Waals surface area contributed by atoms with Gasteiger partial charge in [-0.3, -0.25) is 0 Å². The Balaban J connectivity index is 2.44. The van der Waals surface area contributed by atoms with E-state index >= 15 is 0 Å². The molecule has 0 amide bonds. The van der Waals surface area contributed by atoms with E-state index < -0.39 is 0 Å². The highest BCUT2D eigenvalue weighted by molar-refractivity contribution is 5.83. The molecule has 0 atom stereocenters. The minimum absolute atomic E-state index is 0.706.